The van der Waals surface area contributed by atoms with Gasteiger partial charge in [0.2, 0.25) is 0 Å². The molecule has 0 aromatic rings. The van der Waals surface area contributed by atoms with Crippen LogP contribution in [0.2, 0.25) is 0 Å². The van der Waals surface area contributed by atoms with E-state index in [-0.39, 0.29) is 0 Å². The van der Waals surface area contributed by atoms with Crippen molar-refractivity contribution in [3.63, 3.8) is 0 Å². The van der Waals surface area contributed by atoms with Crippen LogP contribution in [0.15, 0.2) is 36.0 Å². The first kappa shape index (κ1) is 8.80. The largest absolute Gasteiger partial charge is 0.0879 e. The van der Waals surface area contributed by atoms with E-state index in [0.29, 0.717) is 11.3 Å². The van der Waals surface area contributed by atoms with E-state index in [9.17, 15) is 0 Å². The minimum absolute atomic E-state index is 0.395. The normalized spacial score (nSPS) is 38.0. The molecule has 0 radical (unpaired) electrons. The van der Waals surface area contributed by atoms with E-state index >= 15 is 0 Å². The van der Waals surface area contributed by atoms with E-state index in [2.05, 4.69) is 44.2 Å². The smallest absolute Gasteiger partial charge is 0.00384 e. The van der Waals surface area contributed by atoms with Crippen LogP contribution < -0.4 is 0 Å². The van der Waals surface area contributed by atoms with Gasteiger partial charge in [0.15, 0.2) is 0 Å². The van der Waals surface area contributed by atoms with Crippen LogP contribution >= 0.6 is 0 Å². The van der Waals surface area contributed by atoms with Crippen LogP contribution in [0.4, 0.5) is 0 Å². The third-order valence-corrected chi connectivity index (χ3v) is 3.32. The number of hydrogen-bond acceptors (Lipinski definition) is 0. The predicted molar refractivity (Wildman–Crippen MR) is 57.5 cm³/mol. The molecule has 0 aliphatic heterocycles. The number of fused-ring (bicyclic) bond motifs is 1. The van der Waals surface area contributed by atoms with Crippen molar-refractivity contribution in [2.75, 3.05) is 0 Å². The Hall–Kier alpha value is -0.780. The first-order valence-electron chi connectivity index (χ1n) is 5.25. The Kier molecular flexibility index (Phi) is 2.15. The summed E-state index contributed by atoms with van der Waals surface area (Å²) in [4.78, 5) is 0. The highest BCUT2D eigenvalue weighted by molar-refractivity contribution is 5.30. The minimum Gasteiger partial charge on any atom is -0.0879 e. The van der Waals surface area contributed by atoms with Gasteiger partial charge in [0.05, 0.1) is 0 Å². The Morgan fingerprint density at radius 1 is 1.38 bits per heavy atom. The second-order valence-electron chi connectivity index (χ2n) is 4.60. The lowest BCUT2D eigenvalue weighted by atomic mass is 9.71. The van der Waals surface area contributed by atoms with E-state index in [0.717, 1.165) is 0 Å². The van der Waals surface area contributed by atoms with Gasteiger partial charge >= 0.3 is 0 Å². The molecule has 2 aliphatic rings. The van der Waals surface area contributed by atoms with Gasteiger partial charge in [0.25, 0.3) is 0 Å². The number of rotatable bonds is 0. The summed E-state index contributed by atoms with van der Waals surface area (Å²) in [6.07, 6.45) is 15.7. The van der Waals surface area contributed by atoms with Gasteiger partial charge in [-0.3, -0.25) is 0 Å². The van der Waals surface area contributed by atoms with Crippen molar-refractivity contribution in [3.8, 4) is 0 Å². The van der Waals surface area contributed by atoms with E-state index in [4.69, 9.17) is 0 Å². The number of hydrogen-bond donors (Lipinski definition) is 0. The van der Waals surface area contributed by atoms with Crippen LogP contribution in [0.5, 0.6) is 0 Å². The Bertz CT molecular complexity index is 280. The molecule has 2 unspecified atom stereocenters. The van der Waals surface area contributed by atoms with Crippen molar-refractivity contribution in [2.24, 2.45) is 11.3 Å². The lowest BCUT2D eigenvalue weighted by Crippen LogP contribution is -2.24. The van der Waals surface area contributed by atoms with Crippen LogP contribution in [-0.4, -0.2) is 0 Å². The summed E-state index contributed by atoms with van der Waals surface area (Å²) in [6.45, 7) is 4.59. The highest BCUT2D eigenvalue weighted by atomic mass is 14.3. The van der Waals surface area contributed by atoms with Gasteiger partial charge in [-0.2, -0.15) is 0 Å². The van der Waals surface area contributed by atoms with E-state index < -0.39 is 0 Å². The zero-order chi connectivity index (χ0) is 9.31. The lowest BCUT2D eigenvalue weighted by Gasteiger charge is -2.33. The Labute approximate surface area is 81.0 Å². The van der Waals surface area contributed by atoms with Gasteiger partial charge in [0, 0.05) is 5.92 Å². The molecule has 0 spiro atoms. The quantitative estimate of drug-likeness (QED) is 0.489. The predicted octanol–water partition coefficient (Wildman–Crippen LogP) is 3.87. The first-order chi connectivity index (χ1) is 6.21. The van der Waals surface area contributed by atoms with E-state index in [1.54, 1.807) is 0 Å². The fourth-order valence-corrected chi connectivity index (χ4v) is 2.51. The molecular weight excluding hydrogens is 156 g/mol. The second-order valence-corrected chi connectivity index (χ2v) is 4.60. The molecule has 0 saturated carbocycles. The molecule has 0 bridgehead atoms. The molecular formula is C13H18. The molecule has 2 atom stereocenters. The van der Waals surface area contributed by atoms with Crippen molar-refractivity contribution >= 4 is 0 Å². The SMILES string of the molecule is CC1=CC2(C)CCCC=CC2C=C1. The molecule has 0 saturated heterocycles. The molecule has 0 heterocycles. The maximum Gasteiger partial charge on any atom is 0.00384 e. The molecule has 0 nitrogen and oxygen atoms in total. The van der Waals surface area contributed by atoms with Crippen LogP contribution in [0, 0.1) is 11.3 Å². The molecule has 13 heavy (non-hydrogen) atoms. The molecule has 2 aliphatic carbocycles. The molecule has 0 heteroatoms. The second kappa shape index (κ2) is 3.17. The van der Waals surface area contributed by atoms with E-state index in [1.165, 1.54) is 24.8 Å². The highest BCUT2D eigenvalue weighted by Gasteiger charge is 2.31. The Morgan fingerprint density at radius 3 is 3.08 bits per heavy atom. The average molecular weight is 174 g/mol. The summed E-state index contributed by atoms with van der Waals surface area (Å²) in [5.74, 6) is 0.638. The van der Waals surface area contributed by atoms with Crippen LogP contribution in [0.3, 0.4) is 0 Å². The third kappa shape index (κ3) is 1.63. The fraction of sp³-hybridized carbons (Fsp3) is 0.538. The van der Waals surface area contributed by atoms with Crippen molar-refractivity contribution in [3.05, 3.63) is 36.0 Å². The van der Waals surface area contributed by atoms with Crippen molar-refractivity contribution in [1.82, 2.24) is 0 Å². The molecule has 2 rings (SSSR count). The molecule has 0 aromatic carbocycles. The molecule has 70 valence electrons. The zero-order valence-electron chi connectivity index (χ0n) is 8.59. The number of allylic oxidation sites excluding steroid dienone is 6. The van der Waals surface area contributed by atoms with Gasteiger partial charge in [-0.15, -0.1) is 0 Å². The minimum atomic E-state index is 0.395. The van der Waals surface area contributed by atoms with Crippen molar-refractivity contribution in [1.29, 1.82) is 0 Å². The van der Waals surface area contributed by atoms with Crippen molar-refractivity contribution < 1.29 is 0 Å². The maximum absolute atomic E-state index is 2.45. The van der Waals surface area contributed by atoms with Crippen LogP contribution in [0.1, 0.15) is 33.1 Å². The van der Waals surface area contributed by atoms with Gasteiger partial charge in [0.1, 0.15) is 0 Å². The summed E-state index contributed by atoms with van der Waals surface area (Å²) >= 11 is 0. The van der Waals surface area contributed by atoms with Gasteiger partial charge in [-0.1, -0.05) is 42.9 Å². The van der Waals surface area contributed by atoms with Gasteiger partial charge < -0.3 is 0 Å². The molecule has 0 N–H and O–H groups in total. The van der Waals surface area contributed by atoms with Gasteiger partial charge in [-0.05, 0) is 31.6 Å². The summed E-state index contributed by atoms with van der Waals surface area (Å²) in [7, 11) is 0. The molecule has 0 aromatic heterocycles. The lowest BCUT2D eigenvalue weighted by molar-refractivity contribution is 0.323. The first-order valence-corrected chi connectivity index (χ1v) is 5.25. The zero-order valence-corrected chi connectivity index (χ0v) is 8.59. The van der Waals surface area contributed by atoms with E-state index in [1.807, 2.05) is 0 Å². The Balaban J connectivity index is 2.33. The molecule has 0 fully saturated rings. The summed E-state index contributed by atoms with van der Waals surface area (Å²) in [5, 5.41) is 0. The average Bonchev–Trinajstić information content (AvgIpc) is 2.24. The van der Waals surface area contributed by atoms with Crippen LogP contribution in [0.25, 0.3) is 0 Å². The monoisotopic (exact) mass is 174 g/mol. The van der Waals surface area contributed by atoms with Gasteiger partial charge in [-0.25, -0.2) is 0 Å². The maximum atomic E-state index is 2.45. The summed E-state index contributed by atoms with van der Waals surface area (Å²) < 4.78 is 0. The standard InChI is InChI=1S/C13H18/c1-11-7-8-12-6-4-3-5-9-13(12,2)10-11/h4,6-8,10,12H,3,5,9H2,1-2H3. The van der Waals surface area contributed by atoms with Crippen LogP contribution in [-0.2, 0) is 0 Å². The topological polar surface area (TPSA) is 0 Å². The fourth-order valence-electron chi connectivity index (χ4n) is 2.51. The third-order valence-electron chi connectivity index (χ3n) is 3.32. The van der Waals surface area contributed by atoms with Crippen molar-refractivity contribution in [2.45, 2.75) is 33.1 Å². The molecule has 0 amide bonds. The Morgan fingerprint density at radius 2 is 2.23 bits per heavy atom. The summed E-state index contributed by atoms with van der Waals surface area (Å²) in [6, 6.07) is 0. The highest BCUT2D eigenvalue weighted by Crippen LogP contribution is 2.42. The summed E-state index contributed by atoms with van der Waals surface area (Å²) in [5.41, 5.74) is 1.82.